The van der Waals surface area contributed by atoms with Crippen molar-refractivity contribution in [2.45, 2.75) is 115 Å². The molecule has 9 atom stereocenters. The summed E-state index contributed by atoms with van der Waals surface area (Å²) < 4.78 is 20.8. The Balaban J connectivity index is 1.48. The van der Waals surface area contributed by atoms with Crippen LogP contribution < -0.4 is 0 Å². The second-order valence-electron chi connectivity index (χ2n) is 12.7. The summed E-state index contributed by atoms with van der Waals surface area (Å²) in [6.45, 7) is 9.68. The number of hydrogen-bond donors (Lipinski definition) is 1. The Kier molecular flexibility index (Phi) is 5.14. The lowest BCUT2D eigenvalue weighted by Gasteiger charge is -2.68. The van der Waals surface area contributed by atoms with Crippen LogP contribution in [0.2, 0.25) is 0 Å². The summed E-state index contributed by atoms with van der Waals surface area (Å²) >= 11 is 0. The first kappa shape index (κ1) is 22.5. The van der Waals surface area contributed by atoms with Gasteiger partial charge in [0.25, 0.3) is 0 Å². The third-order valence-corrected chi connectivity index (χ3v) is 10.9. The van der Waals surface area contributed by atoms with Crippen molar-refractivity contribution >= 4 is 0 Å². The third-order valence-electron chi connectivity index (χ3n) is 10.9. The Labute approximate surface area is 199 Å². The lowest BCUT2D eigenvalue weighted by Crippen LogP contribution is -2.73. The molecule has 1 saturated heterocycles. The molecule has 6 rings (SSSR count). The third kappa shape index (κ3) is 3.09. The molecule has 1 heterocycles. The van der Waals surface area contributed by atoms with E-state index in [1.165, 1.54) is 31.2 Å². The Bertz CT molecular complexity index is 885. The molecular weight excluding hydrogens is 412 g/mol. The highest BCUT2D eigenvalue weighted by Gasteiger charge is 2.74. The highest BCUT2D eigenvalue weighted by atomic mass is 16.8. The Morgan fingerprint density at radius 3 is 2.42 bits per heavy atom. The quantitative estimate of drug-likeness (QED) is 0.621. The summed E-state index contributed by atoms with van der Waals surface area (Å²) in [5.74, 6) is 0.555. The molecule has 1 aromatic rings. The van der Waals surface area contributed by atoms with Gasteiger partial charge in [-0.1, -0.05) is 57.0 Å². The van der Waals surface area contributed by atoms with Gasteiger partial charge >= 0.3 is 0 Å². The summed E-state index contributed by atoms with van der Waals surface area (Å²) in [4.78, 5) is 0. The molecule has 4 nitrogen and oxygen atoms in total. The van der Waals surface area contributed by atoms with Crippen LogP contribution in [0.4, 0.5) is 0 Å². The SMILES string of the molecule is CC1(C)O[C@@H]2C3CCCC[C@]3(C)[C@@]3(OCc4ccccc4)CC[C@@]4(C)C(CC[C@@H]4O)C3[C@H]2O1. The van der Waals surface area contributed by atoms with E-state index in [0.29, 0.717) is 18.4 Å². The highest BCUT2D eigenvalue weighted by molar-refractivity contribution is 5.23. The molecule has 4 aliphatic carbocycles. The molecule has 0 bridgehead atoms. The monoisotopic (exact) mass is 454 g/mol. The first-order valence-corrected chi connectivity index (χ1v) is 13.4. The standard InChI is InChI=1S/C29H42O4/c1-26(2)32-24-21-12-8-9-15-28(21,4)29(31-18-19-10-6-5-7-11-19)17-16-27(3)20(13-14-22(27)30)23(29)25(24)33-26/h5-7,10-11,20-25,30H,8-9,12-18H2,1-4H3/t20?,21?,22-,23?,24+,25+,27-,28-,29+/m0/s1. The second-order valence-corrected chi connectivity index (χ2v) is 12.7. The van der Waals surface area contributed by atoms with E-state index in [9.17, 15) is 5.11 Å². The van der Waals surface area contributed by atoms with E-state index < -0.39 is 5.79 Å². The normalized spacial score (nSPS) is 50.2. The molecule has 0 spiro atoms. The van der Waals surface area contributed by atoms with Gasteiger partial charge in [-0.2, -0.15) is 0 Å². The van der Waals surface area contributed by atoms with Crippen molar-refractivity contribution in [2.24, 2.45) is 28.6 Å². The van der Waals surface area contributed by atoms with Gasteiger partial charge in [0.15, 0.2) is 5.79 Å². The van der Waals surface area contributed by atoms with Crippen LogP contribution in [0.25, 0.3) is 0 Å². The molecule has 1 aromatic carbocycles. The van der Waals surface area contributed by atoms with Crippen LogP contribution in [0.1, 0.15) is 84.6 Å². The van der Waals surface area contributed by atoms with Crippen molar-refractivity contribution in [3.63, 3.8) is 0 Å². The van der Waals surface area contributed by atoms with E-state index in [-0.39, 0.29) is 40.7 Å². The van der Waals surface area contributed by atoms with E-state index >= 15 is 0 Å². The minimum Gasteiger partial charge on any atom is -0.393 e. The van der Waals surface area contributed by atoms with Gasteiger partial charge in [-0.25, -0.2) is 0 Å². The maximum absolute atomic E-state index is 11.1. The average Bonchev–Trinajstić information content (AvgIpc) is 3.28. The molecular formula is C29H42O4. The summed E-state index contributed by atoms with van der Waals surface area (Å²) in [5.41, 5.74) is 1.01. The van der Waals surface area contributed by atoms with Crippen molar-refractivity contribution in [1.29, 1.82) is 0 Å². The lowest BCUT2D eigenvalue weighted by atomic mass is 9.41. The van der Waals surface area contributed by atoms with Crippen LogP contribution in [0.5, 0.6) is 0 Å². The molecule has 4 saturated carbocycles. The number of hydrogen-bond acceptors (Lipinski definition) is 4. The van der Waals surface area contributed by atoms with E-state index in [1.807, 2.05) is 0 Å². The van der Waals surface area contributed by atoms with Crippen LogP contribution in [0, 0.1) is 28.6 Å². The second kappa shape index (κ2) is 7.53. The zero-order valence-electron chi connectivity index (χ0n) is 20.9. The summed E-state index contributed by atoms with van der Waals surface area (Å²) in [5, 5.41) is 11.1. The molecule has 3 unspecified atom stereocenters. The fraction of sp³-hybridized carbons (Fsp3) is 0.793. The molecule has 33 heavy (non-hydrogen) atoms. The van der Waals surface area contributed by atoms with Crippen molar-refractivity contribution in [1.82, 2.24) is 0 Å². The van der Waals surface area contributed by atoms with Crippen molar-refractivity contribution < 1.29 is 19.3 Å². The summed E-state index contributed by atoms with van der Waals surface area (Å²) in [7, 11) is 0. The molecule has 1 N–H and O–H groups in total. The van der Waals surface area contributed by atoms with E-state index in [4.69, 9.17) is 14.2 Å². The highest BCUT2D eigenvalue weighted by Crippen LogP contribution is 2.71. The van der Waals surface area contributed by atoms with E-state index in [0.717, 1.165) is 25.7 Å². The minimum absolute atomic E-state index is 0.0434. The summed E-state index contributed by atoms with van der Waals surface area (Å²) in [6, 6.07) is 10.7. The molecule has 182 valence electrons. The van der Waals surface area contributed by atoms with E-state index in [1.54, 1.807) is 0 Å². The molecule has 0 radical (unpaired) electrons. The van der Waals surface area contributed by atoms with Crippen molar-refractivity contribution in [2.75, 3.05) is 0 Å². The predicted molar refractivity (Wildman–Crippen MR) is 127 cm³/mol. The zero-order valence-corrected chi connectivity index (χ0v) is 20.9. The fourth-order valence-electron chi connectivity index (χ4n) is 9.23. The topological polar surface area (TPSA) is 47.9 Å². The van der Waals surface area contributed by atoms with Gasteiger partial charge in [-0.05, 0) is 75.2 Å². The van der Waals surface area contributed by atoms with Crippen LogP contribution in [-0.4, -0.2) is 34.8 Å². The van der Waals surface area contributed by atoms with Gasteiger partial charge in [0, 0.05) is 11.3 Å². The first-order valence-electron chi connectivity index (χ1n) is 13.4. The number of benzene rings is 1. The average molecular weight is 455 g/mol. The van der Waals surface area contributed by atoms with Gasteiger partial charge in [-0.15, -0.1) is 0 Å². The molecule has 4 heteroatoms. The van der Waals surface area contributed by atoms with Crippen molar-refractivity contribution in [3.8, 4) is 0 Å². The maximum Gasteiger partial charge on any atom is 0.163 e. The molecule has 1 aliphatic heterocycles. The predicted octanol–water partition coefficient (Wildman–Crippen LogP) is 5.86. The van der Waals surface area contributed by atoms with Crippen LogP contribution >= 0.6 is 0 Å². The minimum atomic E-state index is -0.561. The maximum atomic E-state index is 11.1. The molecule has 5 aliphatic rings. The van der Waals surface area contributed by atoms with Gasteiger partial charge in [0.1, 0.15) is 0 Å². The fourth-order valence-corrected chi connectivity index (χ4v) is 9.23. The largest absolute Gasteiger partial charge is 0.393 e. The Morgan fingerprint density at radius 2 is 1.64 bits per heavy atom. The first-order chi connectivity index (χ1) is 15.7. The van der Waals surface area contributed by atoms with Gasteiger partial charge in [-0.3, -0.25) is 0 Å². The Hall–Kier alpha value is -0.940. The van der Waals surface area contributed by atoms with Gasteiger partial charge in [0.05, 0.1) is 30.5 Å². The van der Waals surface area contributed by atoms with Gasteiger partial charge < -0.3 is 19.3 Å². The molecule has 5 fully saturated rings. The number of aliphatic hydroxyl groups is 1. The van der Waals surface area contributed by atoms with Gasteiger partial charge in [0.2, 0.25) is 0 Å². The number of rotatable bonds is 3. The molecule has 0 amide bonds. The Morgan fingerprint density at radius 1 is 0.879 bits per heavy atom. The zero-order chi connectivity index (χ0) is 23.1. The molecule has 0 aromatic heterocycles. The number of aliphatic hydroxyl groups excluding tert-OH is 1. The van der Waals surface area contributed by atoms with Crippen LogP contribution in [0.3, 0.4) is 0 Å². The van der Waals surface area contributed by atoms with Crippen molar-refractivity contribution in [3.05, 3.63) is 35.9 Å². The number of ether oxygens (including phenoxy) is 3. The van der Waals surface area contributed by atoms with Crippen LogP contribution in [-0.2, 0) is 20.8 Å². The van der Waals surface area contributed by atoms with E-state index in [2.05, 4.69) is 58.0 Å². The number of fused-ring (bicyclic) bond motifs is 8. The lowest BCUT2D eigenvalue weighted by molar-refractivity contribution is -0.298. The summed E-state index contributed by atoms with van der Waals surface area (Å²) in [6.07, 6.45) is 8.89. The smallest absolute Gasteiger partial charge is 0.163 e. The van der Waals surface area contributed by atoms with Crippen LogP contribution in [0.15, 0.2) is 30.3 Å².